The SMILES string of the molecule is O=S(=O)(Nc1cn[nH]c1)c1ccccc1. The van der Waals surface area contributed by atoms with Crippen molar-refractivity contribution in [2.24, 2.45) is 0 Å². The Morgan fingerprint density at radius 3 is 2.53 bits per heavy atom. The van der Waals surface area contributed by atoms with Gasteiger partial charge >= 0.3 is 0 Å². The summed E-state index contributed by atoms with van der Waals surface area (Å²) in [5.74, 6) is 0. The third kappa shape index (κ3) is 2.16. The highest BCUT2D eigenvalue weighted by Gasteiger charge is 2.13. The maximum Gasteiger partial charge on any atom is 0.261 e. The van der Waals surface area contributed by atoms with Crippen molar-refractivity contribution in [1.29, 1.82) is 0 Å². The molecule has 78 valence electrons. The summed E-state index contributed by atoms with van der Waals surface area (Å²) in [5, 5.41) is 6.17. The molecule has 6 heteroatoms. The fourth-order valence-corrected chi connectivity index (χ4v) is 2.18. The predicted molar refractivity (Wildman–Crippen MR) is 55.8 cm³/mol. The van der Waals surface area contributed by atoms with E-state index in [4.69, 9.17) is 0 Å². The number of H-pyrrole nitrogens is 1. The Labute approximate surface area is 87.2 Å². The molecule has 0 fully saturated rings. The number of nitrogens with zero attached hydrogens (tertiary/aromatic N) is 1. The molecule has 0 amide bonds. The Balaban J connectivity index is 2.29. The molecule has 0 saturated carbocycles. The van der Waals surface area contributed by atoms with E-state index in [2.05, 4.69) is 14.9 Å². The molecule has 1 aromatic carbocycles. The number of anilines is 1. The lowest BCUT2D eigenvalue weighted by molar-refractivity contribution is 0.601. The van der Waals surface area contributed by atoms with Crippen molar-refractivity contribution in [2.45, 2.75) is 4.90 Å². The van der Waals surface area contributed by atoms with E-state index in [9.17, 15) is 8.42 Å². The highest BCUT2D eigenvalue weighted by Crippen LogP contribution is 2.13. The molecule has 1 heterocycles. The molecule has 2 aromatic rings. The van der Waals surface area contributed by atoms with Gasteiger partial charge in [0.05, 0.1) is 16.8 Å². The van der Waals surface area contributed by atoms with Gasteiger partial charge in [0, 0.05) is 6.20 Å². The molecule has 0 saturated heterocycles. The second kappa shape index (κ2) is 3.74. The van der Waals surface area contributed by atoms with Crippen molar-refractivity contribution in [3.8, 4) is 0 Å². The van der Waals surface area contributed by atoms with Crippen LogP contribution in [-0.4, -0.2) is 18.6 Å². The highest BCUT2D eigenvalue weighted by atomic mass is 32.2. The standard InChI is InChI=1S/C9H9N3O2S/c13-15(14,9-4-2-1-3-5-9)12-8-6-10-11-7-8/h1-7,12H,(H,10,11). The fourth-order valence-electron chi connectivity index (χ4n) is 1.12. The van der Waals surface area contributed by atoms with Crippen molar-refractivity contribution >= 4 is 15.7 Å². The molecule has 0 radical (unpaired) electrons. The van der Waals surface area contributed by atoms with Gasteiger partial charge in [-0.25, -0.2) is 8.42 Å². The molecule has 2 rings (SSSR count). The van der Waals surface area contributed by atoms with E-state index >= 15 is 0 Å². The van der Waals surface area contributed by atoms with Crippen molar-refractivity contribution < 1.29 is 8.42 Å². The van der Waals surface area contributed by atoms with Gasteiger partial charge < -0.3 is 0 Å². The molecule has 1 aromatic heterocycles. The highest BCUT2D eigenvalue weighted by molar-refractivity contribution is 7.92. The summed E-state index contributed by atoms with van der Waals surface area (Å²) in [6.45, 7) is 0. The molecule has 15 heavy (non-hydrogen) atoms. The van der Waals surface area contributed by atoms with Crippen molar-refractivity contribution in [3.63, 3.8) is 0 Å². The second-order valence-corrected chi connectivity index (χ2v) is 4.59. The molecular weight excluding hydrogens is 214 g/mol. The smallest absolute Gasteiger partial charge is 0.261 e. The monoisotopic (exact) mass is 223 g/mol. The van der Waals surface area contributed by atoms with Gasteiger partial charge in [-0.15, -0.1) is 0 Å². The number of sulfonamides is 1. The topological polar surface area (TPSA) is 74.8 Å². The van der Waals surface area contributed by atoms with Gasteiger partial charge in [-0.3, -0.25) is 9.82 Å². The number of hydrogen-bond acceptors (Lipinski definition) is 3. The molecule has 0 unspecified atom stereocenters. The minimum Gasteiger partial charge on any atom is -0.284 e. The van der Waals surface area contributed by atoms with Gasteiger partial charge in [-0.1, -0.05) is 18.2 Å². The summed E-state index contributed by atoms with van der Waals surface area (Å²) in [6, 6.07) is 8.16. The van der Waals surface area contributed by atoms with Crippen LogP contribution in [0, 0.1) is 0 Å². The van der Waals surface area contributed by atoms with Gasteiger partial charge in [-0.05, 0) is 12.1 Å². The second-order valence-electron chi connectivity index (χ2n) is 2.91. The Bertz CT molecular complexity index is 520. The Morgan fingerprint density at radius 1 is 1.20 bits per heavy atom. The van der Waals surface area contributed by atoms with Crippen LogP contribution >= 0.6 is 0 Å². The maximum absolute atomic E-state index is 11.7. The fraction of sp³-hybridized carbons (Fsp3) is 0. The minimum absolute atomic E-state index is 0.228. The molecule has 0 aliphatic heterocycles. The third-order valence-electron chi connectivity index (χ3n) is 1.80. The number of benzene rings is 1. The molecular formula is C9H9N3O2S. The largest absolute Gasteiger partial charge is 0.284 e. The van der Waals surface area contributed by atoms with Crippen LogP contribution in [0.3, 0.4) is 0 Å². The van der Waals surface area contributed by atoms with E-state index in [1.807, 2.05) is 0 Å². The normalized spacial score (nSPS) is 11.2. The molecule has 5 nitrogen and oxygen atoms in total. The van der Waals surface area contributed by atoms with Crippen LogP contribution in [0.1, 0.15) is 0 Å². The van der Waals surface area contributed by atoms with Crippen molar-refractivity contribution in [3.05, 3.63) is 42.7 Å². The van der Waals surface area contributed by atoms with Crippen LogP contribution in [0.5, 0.6) is 0 Å². The number of hydrogen-bond donors (Lipinski definition) is 2. The lowest BCUT2D eigenvalue weighted by Gasteiger charge is -2.04. The molecule has 2 N–H and O–H groups in total. The summed E-state index contributed by atoms with van der Waals surface area (Å²) >= 11 is 0. The lowest BCUT2D eigenvalue weighted by Crippen LogP contribution is -2.12. The Kier molecular flexibility index (Phi) is 2.42. The van der Waals surface area contributed by atoms with Crippen LogP contribution in [0.2, 0.25) is 0 Å². The zero-order chi connectivity index (χ0) is 10.7. The van der Waals surface area contributed by atoms with Crippen LogP contribution in [0.15, 0.2) is 47.6 Å². The Hall–Kier alpha value is -1.82. The predicted octanol–water partition coefficient (Wildman–Crippen LogP) is 1.21. The lowest BCUT2D eigenvalue weighted by atomic mass is 10.4. The van der Waals surface area contributed by atoms with E-state index in [0.29, 0.717) is 5.69 Å². The first kappa shape index (κ1) is 9.72. The molecule has 0 spiro atoms. The van der Waals surface area contributed by atoms with E-state index < -0.39 is 10.0 Å². The van der Waals surface area contributed by atoms with Gasteiger partial charge in [0.1, 0.15) is 0 Å². The summed E-state index contributed by atoms with van der Waals surface area (Å²) in [7, 11) is -3.49. The first-order valence-electron chi connectivity index (χ1n) is 4.25. The number of nitrogens with one attached hydrogen (secondary N) is 2. The zero-order valence-electron chi connectivity index (χ0n) is 7.71. The summed E-state index contributed by atoms with van der Waals surface area (Å²) in [4.78, 5) is 0.228. The summed E-state index contributed by atoms with van der Waals surface area (Å²) in [5.41, 5.74) is 0.416. The van der Waals surface area contributed by atoms with E-state index in [0.717, 1.165) is 0 Å². The molecule has 0 aliphatic rings. The Morgan fingerprint density at radius 2 is 1.93 bits per heavy atom. The first-order chi connectivity index (χ1) is 7.18. The average molecular weight is 223 g/mol. The maximum atomic E-state index is 11.7. The number of aromatic nitrogens is 2. The quantitative estimate of drug-likeness (QED) is 0.821. The van der Waals surface area contributed by atoms with Crippen LogP contribution in [0.4, 0.5) is 5.69 Å². The molecule has 0 atom stereocenters. The van der Waals surface area contributed by atoms with Crippen LogP contribution < -0.4 is 4.72 Å². The van der Waals surface area contributed by atoms with E-state index in [-0.39, 0.29) is 4.90 Å². The van der Waals surface area contributed by atoms with Gasteiger partial charge in [-0.2, -0.15) is 5.10 Å². The number of aromatic amines is 1. The first-order valence-corrected chi connectivity index (χ1v) is 5.73. The van der Waals surface area contributed by atoms with Crippen molar-refractivity contribution in [1.82, 2.24) is 10.2 Å². The van der Waals surface area contributed by atoms with E-state index in [1.165, 1.54) is 24.5 Å². The third-order valence-corrected chi connectivity index (χ3v) is 3.20. The zero-order valence-corrected chi connectivity index (χ0v) is 8.53. The van der Waals surface area contributed by atoms with Gasteiger partial charge in [0.2, 0.25) is 0 Å². The van der Waals surface area contributed by atoms with E-state index in [1.54, 1.807) is 18.2 Å². The van der Waals surface area contributed by atoms with Crippen LogP contribution in [-0.2, 0) is 10.0 Å². The molecule has 0 bridgehead atoms. The van der Waals surface area contributed by atoms with Gasteiger partial charge in [0.15, 0.2) is 0 Å². The van der Waals surface area contributed by atoms with Crippen molar-refractivity contribution in [2.75, 3.05) is 4.72 Å². The molecule has 0 aliphatic carbocycles. The number of rotatable bonds is 3. The summed E-state index contributed by atoms with van der Waals surface area (Å²) < 4.78 is 25.9. The minimum atomic E-state index is -3.49. The van der Waals surface area contributed by atoms with Crippen LogP contribution in [0.25, 0.3) is 0 Å². The van der Waals surface area contributed by atoms with Gasteiger partial charge in [0.25, 0.3) is 10.0 Å². The average Bonchev–Trinajstić information content (AvgIpc) is 2.71. The summed E-state index contributed by atoms with van der Waals surface area (Å²) in [6.07, 6.45) is 2.88.